The maximum absolute atomic E-state index is 11.2. The molecule has 0 fully saturated rings. The van der Waals surface area contributed by atoms with Gasteiger partial charge in [-0.25, -0.2) is 4.79 Å². The molecule has 3 heteroatoms. The molecule has 0 amide bonds. The van der Waals surface area contributed by atoms with E-state index in [1.165, 1.54) is 41.8 Å². The number of carbonyl (C=O) groups is 1. The van der Waals surface area contributed by atoms with Crippen molar-refractivity contribution in [2.24, 2.45) is 5.92 Å². The fraction of sp³-hybridized carbons (Fsp3) is 0.292. The Bertz CT molecular complexity index is 939. The van der Waals surface area contributed by atoms with Crippen molar-refractivity contribution in [1.82, 2.24) is 4.57 Å². The van der Waals surface area contributed by atoms with Gasteiger partial charge in [0.15, 0.2) is 0 Å². The summed E-state index contributed by atoms with van der Waals surface area (Å²) in [4.78, 5) is 11.2. The normalized spacial score (nSPS) is 16.1. The van der Waals surface area contributed by atoms with E-state index in [1.807, 2.05) is 18.2 Å². The highest BCUT2D eigenvalue weighted by Gasteiger charge is 2.24. The fourth-order valence-corrected chi connectivity index (χ4v) is 4.33. The summed E-state index contributed by atoms with van der Waals surface area (Å²) in [5, 5.41) is 9.20. The molecule has 1 unspecified atom stereocenters. The maximum atomic E-state index is 11.2. The molecule has 4 rings (SSSR count). The molecule has 2 aromatic carbocycles. The zero-order valence-electron chi connectivity index (χ0n) is 15.7. The van der Waals surface area contributed by atoms with E-state index >= 15 is 0 Å². The Labute approximate surface area is 160 Å². The first-order valence-electron chi connectivity index (χ1n) is 9.80. The number of carboxylic acid groups (broad SMARTS) is 1. The van der Waals surface area contributed by atoms with Crippen molar-refractivity contribution in [3.8, 4) is 16.9 Å². The van der Waals surface area contributed by atoms with Gasteiger partial charge >= 0.3 is 5.97 Å². The van der Waals surface area contributed by atoms with Crippen molar-refractivity contribution < 1.29 is 9.90 Å². The summed E-state index contributed by atoms with van der Waals surface area (Å²) in [5.41, 5.74) is 6.57. The number of carboxylic acids is 1. The number of aromatic carboxylic acids is 1. The van der Waals surface area contributed by atoms with E-state index in [0.29, 0.717) is 5.56 Å². The van der Waals surface area contributed by atoms with E-state index < -0.39 is 5.97 Å². The predicted molar refractivity (Wildman–Crippen MR) is 109 cm³/mol. The summed E-state index contributed by atoms with van der Waals surface area (Å²) in [6.45, 7) is 2.26. The molecule has 1 aliphatic rings. The molecular weight excluding hydrogens is 334 g/mol. The Morgan fingerprint density at radius 2 is 1.85 bits per heavy atom. The van der Waals surface area contributed by atoms with Crippen LogP contribution >= 0.6 is 0 Å². The summed E-state index contributed by atoms with van der Waals surface area (Å²) < 4.78 is 2.33. The number of hydrogen-bond acceptors (Lipinski definition) is 1. The molecule has 0 spiro atoms. The van der Waals surface area contributed by atoms with Crippen molar-refractivity contribution in [2.45, 2.75) is 39.0 Å². The Morgan fingerprint density at radius 3 is 2.52 bits per heavy atom. The van der Waals surface area contributed by atoms with Crippen LogP contribution in [0.1, 0.15) is 47.8 Å². The number of aromatic nitrogens is 1. The number of fused-ring (bicyclic) bond motifs is 1. The SMILES string of the molecule is CCCC1CCc2c(cc(-c3ccccc3)n2-c2ccc(C(=O)O)cc2)C1. The third-order valence-corrected chi connectivity index (χ3v) is 5.63. The molecule has 1 heterocycles. The molecule has 0 saturated heterocycles. The molecule has 0 saturated carbocycles. The van der Waals surface area contributed by atoms with Gasteiger partial charge in [-0.05, 0) is 66.6 Å². The smallest absolute Gasteiger partial charge is 0.335 e. The minimum Gasteiger partial charge on any atom is -0.478 e. The van der Waals surface area contributed by atoms with Crippen LogP contribution in [-0.4, -0.2) is 15.6 Å². The van der Waals surface area contributed by atoms with Gasteiger partial charge in [0.1, 0.15) is 0 Å². The lowest BCUT2D eigenvalue weighted by Gasteiger charge is -2.24. The van der Waals surface area contributed by atoms with Crippen LogP contribution in [0.2, 0.25) is 0 Å². The van der Waals surface area contributed by atoms with Gasteiger partial charge in [-0.15, -0.1) is 0 Å². The van der Waals surface area contributed by atoms with Crippen molar-refractivity contribution in [3.63, 3.8) is 0 Å². The van der Waals surface area contributed by atoms with Crippen LogP contribution in [0.15, 0.2) is 60.7 Å². The van der Waals surface area contributed by atoms with Gasteiger partial charge in [0.2, 0.25) is 0 Å². The first-order valence-corrected chi connectivity index (χ1v) is 9.80. The van der Waals surface area contributed by atoms with Gasteiger partial charge in [-0.2, -0.15) is 0 Å². The lowest BCUT2D eigenvalue weighted by Crippen LogP contribution is -2.15. The maximum Gasteiger partial charge on any atom is 0.335 e. The summed E-state index contributed by atoms with van der Waals surface area (Å²) >= 11 is 0. The number of rotatable bonds is 5. The van der Waals surface area contributed by atoms with Crippen LogP contribution in [0, 0.1) is 5.92 Å². The Balaban J connectivity index is 1.82. The van der Waals surface area contributed by atoms with Crippen molar-refractivity contribution in [2.75, 3.05) is 0 Å². The van der Waals surface area contributed by atoms with E-state index in [-0.39, 0.29) is 0 Å². The number of nitrogens with zero attached hydrogens (tertiary/aromatic N) is 1. The van der Waals surface area contributed by atoms with Crippen LogP contribution in [0.4, 0.5) is 0 Å². The topological polar surface area (TPSA) is 42.2 Å². The van der Waals surface area contributed by atoms with Crippen molar-refractivity contribution in [3.05, 3.63) is 77.5 Å². The first-order chi connectivity index (χ1) is 13.2. The highest BCUT2D eigenvalue weighted by Crippen LogP contribution is 2.36. The summed E-state index contributed by atoms with van der Waals surface area (Å²) in [5.74, 6) is -0.113. The highest BCUT2D eigenvalue weighted by atomic mass is 16.4. The standard InChI is InChI=1S/C24H25NO2/c1-2-6-17-9-14-22-20(15-17)16-23(18-7-4-3-5-8-18)25(22)21-12-10-19(11-13-21)24(26)27/h3-5,7-8,10-13,16-17H,2,6,9,14-15H2,1H3,(H,26,27). The van der Waals surface area contributed by atoms with Gasteiger partial charge in [-0.3, -0.25) is 0 Å². The molecule has 1 aliphatic carbocycles. The van der Waals surface area contributed by atoms with Crippen molar-refractivity contribution in [1.29, 1.82) is 0 Å². The van der Waals surface area contributed by atoms with Gasteiger partial charge < -0.3 is 9.67 Å². The molecule has 0 bridgehead atoms. The lowest BCUT2D eigenvalue weighted by molar-refractivity contribution is 0.0697. The van der Waals surface area contributed by atoms with Gasteiger partial charge in [0, 0.05) is 11.4 Å². The third-order valence-electron chi connectivity index (χ3n) is 5.63. The highest BCUT2D eigenvalue weighted by molar-refractivity contribution is 5.87. The monoisotopic (exact) mass is 359 g/mol. The van der Waals surface area contributed by atoms with Gasteiger partial charge in [0.05, 0.1) is 11.3 Å². The fourth-order valence-electron chi connectivity index (χ4n) is 4.33. The first kappa shape index (κ1) is 17.6. The number of benzene rings is 2. The van der Waals surface area contributed by atoms with E-state index in [0.717, 1.165) is 24.4 Å². The van der Waals surface area contributed by atoms with Crippen LogP contribution in [0.25, 0.3) is 16.9 Å². The summed E-state index contributed by atoms with van der Waals surface area (Å²) in [7, 11) is 0. The second kappa shape index (κ2) is 7.43. The van der Waals surface area contributed by atoms with Crippen LogP contribution in [0.3, 0.4) is 0 Å². The second-order valence-electron chi connectivity index (χ2n) is 7.45. The Morgan fingerprint density at radius 1 is 1.11 bits per heavy atom. The van der Waals surface area contributed by atoms with E-state index in [4.69, 9.17) is 0 Å². The molecule has 1 N–H and O–H groups in total. The van der Waals surface area contributed by atoms with Crippen LogP contribution in [0.5, 0.6) is 0 Å². The zero-order chi connectivity index (χ0) is 18.8. The molecule has 3 aromatic rings. The predicted octanol–water partition coefficient (Wildman–Crippen LogP) is 5.75. The van der Waals surface area contributed by atoms with Crippen molar-refractivity contribution >= 4 is 5.97 Å². The molecule has 138 valence electrons. The minimum atomic E-state index is -0.887. The Hall–Kier alpha value is -2.81. The Kier molecular flexibility index (Phi) is 4.85. The van der Waals surface area contributed by atoms with Gasteiger partial charge in [0.25, 0.3) is 0 Å². The average molecular weight is 359 g/mol. The van der Waals surface area contributed by atoms with E-state index in [9.17, 15) is 9.90 Å². The van der Waals surface area contributed by atoms with Crippen LogP contribution in [-0.2, 0) is 12.8 Å². The summed E-state index contributed by atoms with van der Waals surface area (Å²) in [6.07, 6.45) is 5.98. The van der Waals surface area contributed by atoms with Crippen LogP contribution < -0.4 is 0 Å². The summed E-state index contributed by atoms with van der Waals surface area (Å²) in [6, 6.07) is 20.1. The van der Waals surface area contributed by atoms with Gasteiger partial charge in [-0.1, -0.05) is 50.1 Å². The zero-order valence-corrected chi connectivity index (χ0v) is 15.7. The van der Waals surface area contributed by atoms with E-state index in [2.05, 4.69) is 41.8 Å². The second-order valence-corrected chi connectivity index (χ2v) is 7.45. The lowest BCUT2D eigenvalue weighted by atomic mass is 9.85. The molecule has 1 atom stereocenters. The minimum absolute atomic E-state index is 0.323. The third kappa shape index (κ3) is 3.42. The molecule has 3 nitrogen and oxygen atoms in total. The molecule has 27 heavy (non-hydrogen) atoms. The molecular formula is C24H25NO2. The molecule has 0 radical (unpaired) electrons. The van der Waals surface area contributed by atoms with E-state index in [1.54, 1.807) is 12.1 Å². The molecule has 0 aliphatic heterocycles. The largest absolute Gasteiger partial charge is 0.478 e. The number of hydrogen-bond donors (Lipinski definition) is 1. The molecule has 1 aromatic heterocycles. The average Bonchev–Trinajstić information content (AvgIpc) is 3.08. The quantitative estimate of drug-likeness (QED) is 0.630.